The SMILES string of the molecule is CC(=O)OCC1CCC(=O)C(C)C1COC(C)=O. The molecule has 0 saturated heterocycles. The van der Waals surface area contributed by atoms with Crippen molar-refractivity contribution in [2.75, 3.05) is 13.2 Å². The van der Waals surface area contributed by atoms with Crippen LogP contribution in [-0.2, 0) is 23.9 Å². The van der Waals surface area contributed by atoms with Gasteiger partial charge in [0.1, 0.15) is 5.78 Å². The highest BCUT2D eigenvalue weighted by Crippen LogP contribution is 2.33. The van der Waals surface area contributed by atoms with Crippen LogP contribution in [0.2, 0.25) is 0 Å². The van der Waals surface area contributed by atoms with E-state index in [2.05, 4.69) is 0 Å². The third kappa shape index (κ3) is 4.13. The van der Waals surface area contributed by atoms with Crippen molar-refractivity contribution >= 4 is 17.7 Å². The number of carbonyl (C=O) groups is 3. The molecule has 102 valence electrons. The van der Waals surface area contributed by atoms with Gasteiger partial charge >= 0.3 is 11.9 Å². The van der Waals surface area contributed by atoms with Gasteiger partial charge in [0, 0.05) is 38.0 Å². The second-order valence-corrected chi connectivity index (χ2v) is 4.82. The van der Waals surface area contributed by atoms with E-state index in [0.29, 0.717) is 19.4 Å². The highest BCUT2D eigenvalue weighted by molar-refractivity contribution is 5.81. The van der Waals surface area contributed by atoms with Crippen LogP contribution in [0.3, 0.4) is 0 Å². The van der Waals surface area contributed by atoms with E-state index < -0.39 is 0 Å². The molecule has 0 bridgehead atoms. The molecule has 0 N–H and O–H groups in total. The quantitative estimate of drug-likeness (QED) is 0.710. The summed E-state index contributed by atoms with van der Waals surface area (Å²) in [6, 6.07) is 0. The summed E-state index contributed by atoms with van der Waals surface area (Å²) in [5, 5.41) is 0. The molecule has 18 heavy (non-hydrogen) atoms. The van der Waals surface area contributed by atoms with Gasteiger partial charge in [0.2, 0.25) is 0 Å². The molecule has 0 aromatic heterocycles. The first kappa shape index (κ1) is 14.7. The Labute approximate surface area is 107 Å². The first-order chi connectivity index (χ1) is 8.41. The van der Waals surface area contributed by atoms with E-state index in [9.17, 15) is 14.4 Å². The predicted molar refractivity (Wildman–Crippen MR) is 63.7 cm³/mol. The van der Waals surface area contributed by atoms with Gasteiger partial charge in [-0.2, -0.15) is 0 Å². The number of ether oxygens (including phenoxy) is 2. The number of esters is 2. The zero-order valence-electron chi connectivity index (χ0n) is 11.1. The summed E-state index contributed by atoms with van der Waals surface area (Å²) >= 11 is 0. The monoisotopic (exact) mass is 256 g/mol. The predicted octanol–water partition coefficient (Wildman–Crippen LogP) is 1.34. The maximum Gasteiger partial charge on any atom is 0.302 e. The fraction of sp³-hybridized carbons (Fsp3) is 0.769. The van der Waals surface area contributed by atoms with Crippen molar-refractivity contribution in [3.05, 3.63) is 0 Å². The Hall–Kier alpha value is -1.39. The van der Waals surface area contributed by atoms with Gasteiger partial charge in [0.25, 0.3) is 0 Å². The average Bonchev–Trinajstić information content (AvgIpc) is 2.29. The Morgan fingerprint density at radius 1 is 1.17 bits per heavy atom. The molecule has 5 nitrogen and oxygen atoms in total. The number of ketones is 1. The molecule has 1 aliphatic rings. The minimum Gasteiger partial charge on any atom is -0.466 e. The summed E-state index contributed by atoms with van der Waals surface area (Å²) in [6.45, 7) is 5.05. The summed E-state index contributed by atoms with van der Waals surface area (Å²) < 4.78 is 10.0. The van der Waals surface area contributed by atoms with E-state index >= 15 is 0 Å². The lowest BCUT2D eigenvalue weighted by Crippen LogP contribution is -2.39. The van der Waals surface area contributed by atoms with Crippen LogP contribution in [0.1, 0.15) is 33.6 Å². The van der Waals surface area contributed by atoms with Gasteiger partial charge in [-0.25, -0.2) is 0 Å². The van der Waals surface area contributed by atoms with Gasteiger partial charge < -0.3 is 9.47 Å². The van der Waals surface area contributed by atoms with E-state index in [-0.39, 0.29) is 42.1 Å². The van der Waals surface area contributed by atoms with Crippen LogP contribution in [0.5, 0.6) is 0 Å². The minimum atomic E-state index is -0.355. The fourth-order valence-electron chi connectivity index (χ4n) is 2.34. The molecular formula is C13H20O5. The number of carbonyl (C=O) groups excluding carboxylic acids is 3. The molecule has 1 rings (SSSR count). The summed E-state index contributed by atoms with van der Waals surface area (Å²) in [6.07, 6.45) is 1.19. The van der Waals surface area contributed by atoms with Crippen LogP contribution in [0.15, 0.2) is 0 Å². The maximum absolute atomic E-state index is 11.7. The number of Topliss-reactive ketones (excluding diaryl/α,β-unsaturated/α-hetero) is 1. The molecule has 3 atom stereocenters. The van der Waals surface area contributed by atoms with Gasteiger partial charge in [0.05, 0.1) is 13.2 Å². The zero-order valence-corrected chi connectivity index (χ0v) is 11.1. The lowest BCUT2D eigenvalue weighted by Gasteiger charge is -2.34. The largest absolute Gasteiger partial charge is 0.466 e. The van der Waals surface area contributed by atoms with E-state index in [1.165, 1.54) is 13.8 Å². The van der Waals surface area contributed by atoms with E-state index in [1.807, 2.05) is 6.92 Å². The van der Waals surface area contributed by atoms with E-state index in [0.717, 1.165) is 0 Å². The smallest absolute Gasteiger partial charge is 0.302 e. The molecule has 0 amide bonds. The lowest BCUT2D eigenvalue weighted by molar-refractivity contribution is -0.151. The third-order valence-corrected chi connectivity index (χ3v) is 3.50. The standard InChI is InChI=1S/C13H20O5/c1-8-12(7-18-10(3)15)11(4-5-13(8)16)6-17-9(2)14/h8,11-12H,4-7H2,1-3H3. The lowest BCUT2D eigenvalue weighted by atomic mass is 9.73. The van der Waals surface area contributed by atoms with Gasteiger partial charge in [-0.05, 0) is 6.42 Å². The highest BCUT2D eigenvalue weighted by atomic mass is 16.5. The van der Waals surface area contributed by atoms with Crippen LogP contribution in [0.25, 0.3) is 0 Å². The van der Waals surface area contributed by atoms with Crippen LogP contribution in [-0.4, -0.2) is 30.9 Å². The van der Waals surface area contributed by atoms with Crippen LogP contribution in [0.4, 0.5) is 0 Å². The fourth-order valence-corrected chi connectivity index (χ4v) is 2.34. The van der Waals surface area contributed by atoms with Crippen molar-refractivity contribution in [2.45, 2.75) is 33.6 Å². The number of rotatable bonds is 4. The normalized spacial score (nSPS) is 27.7. The minimum absolute atomic E-state index is 0.0606. The molecule has 0 radical (unpaired) electrons. The Balaban J connectivity index is 2.63. The molecule has 0 aromatic rings. The molecule has 5 heteroatoms. The van der Waals surface area contributed by atoms with Crippen molar-refractivity contribution in [3.63, 3.8) is 0 Å². The second kappa shape index (κ2) is 6.52. The van der Waals surface area contributed by atoms with Crippen molar-refractivity contribution < 1.29 is 23.9 Å². The molecule has 0 spiro atoms. The van der Waals surface area contributed by atoms with Crippen LogP contribution >= 0.6 is 0 Å². The van der Waals surface area contributed by atoms with Crippen molar-refractivity contribution in [3.8, 4) is 0 Å². The van der Waals surface area contributed by atoms with Crippen molar-refractivity contribution in [1.29, 1.82) is 0 Å². The summed E-state index contributed by atoms with van der Waals surface area (Å²) in [5.41, 5.74) is 0. The second-order valence-electron chi connectivity index (χ2n) is 4.82. The van der Waals surface area contributed by atoms with E-state index in [4.69, 9.17) is 9.47 Å². The summed E-state index contributed by atoms with van der Waals surface area (Å²) in [5.74, 6) is -0.627. The van der Waals surface area contributed by atoms with Crippen LogP contribution < -0.4 is 0 Å². The van der Waals surface area contributed by atoms with Gasteiger partial charge in [-0.1, -0.05) is 6.92 Å². The molecule has 1 saturated carbocycles. The first-order valence-electron chi connectivity index (χ1n) is 6.21. The highest BCUT2D eigenvalue weighted by Gasteiger charge is 2.36. The Morgan fingerprint density at radius 2 is 1.72 bits per heavy atom. The molecular weight excluding hydrogens is 236 g/mol. The first-order valence-corrected chi connectivity index (χ1v) is 6.21. The van der Waals surface area contributed by atoms with Crippen LogP contribution in [0, 0.1) is 17.8 Å². The van der Waals surface area contributed by atoms with Crippen molar-refractivity contribution in [1.82, 2.24) is 0 Å². The Morgan fingerprint density at radius 3 is 2.28 bits per heavy atom. The van der Waals surface area contributed by atoms with Crippen molar-refractivity contribution in [2.24, 2.45) is 17.8 Å². The maximum atomic E-state index is 11.7. The number of hydrogen-bond acceptors (Lipinski definition) is 5. The van der Waals surface area contributed by atoms with Gasteiger partial charge in [-0.3, -0.25) is 14.4 Å². The zero-order chi connectivity index (χ0) is 13.7. The van der Waals surface area contributed by atoms with Gasteiger partial charge in [-0.15, -0.1) is 0 Å². The molecule has 1 fully saturated rings. The van der Waals surface area contributed by atoms with Gasteiger partial charge in [0.15, 0.2) is 0 Å². The Kier molecular flexibility index (Phi) is 5.31. The molecule has 3 unspecified atom stereocenters. The summed E-state index contributed by atoms with van der Waals surface area (Å²) in [4.78, 5) is 33.4. The topological polar surface area (TPSA) is 69.7 Å². The molecule has 0 aromatic carbocycles. The molecule has 0 heterocycles. The summed E-state index contributed by atoms with van der Waals surface area (Å²) in [7, 11) is 0. The number of hydrogen-bond donors (Lipinski definition) is 0. The molecule has 0 aliphatic heterocycles. The average molecular weight is 256 g/mol. The Bertz CT molecular complexity index is 336. The van der Waals surface area contributed by atoms with E-state index in [1.54, 1.807) is 0 Å². The molecule has 1 aliphatic carbocycles. The third-order valence-electron chi connectivity index (χ3n) is 3.50.